The molecule has 1 aliphatic heterocycles. The molecule has 1 aliphatic rings. The molecule has 0 aliphatic carbocycles. The molecule has 2 heterocycles. The molecule has 24 heavy (non-hydrogen) atoms. The van der Waals surface area contributed by atoms with Gasteiger partial charge in [-0.3, -0.25) is 4.90 Å². The number of para-hydroxylation sites is 1. The molecule has 1 atom stereocenters. The third-order valence-corrected chi connectivity index (χ3v) is 4.19. The number of halogens is 1. The Morgan fingerprint density at radius 3 is 2.71 bits per heavy atom. The molecule has 0 amide bonds. The molecule has 1 saturated heterocycles. The standard InChI is InChI=1S/C18H24N4O.ClH/c1-21(16-5-3-2-4-6-16)18-8-7-15(12-20-18)13-22-9-10-23-17(11-19)14-22;/h2-8,12,17H,9-11,13-14,19H2,1H3;1H. The largest absolute Gasteiger partial charge is 0.374 e. The van der Waals surface area contributed by atoms with E-state index in [1.54, 1.807) is 0 Å². The number of hydrogen-bond acceptors (Lipinski definition) is 5. The number of nitrogens with zero attached hydrogens (tertiary/aromatic N) is 3. The van der Waals surface area contributed by atoms with Crippen molar-refractivity contribution in [1.82, 2.24) is 9.88 Å². The van der Waals surface area contributed by atoms with Crippen LogP contribution in [-0.4, -0.2) is 49.3 Å². The van der Waals surface area contributed by atoms with E-state index in [1.165, 1.54) is 5.56 Å². The van der Waals surface area contributed by atoms with Crippen molar-refractivity contribution in [3.8, 4) is 0 Å². The molecule has 2 aromatic rings. The quantitative estimate of drug-likeness (QED) is 0.899. The van der Waals surface area contributed by atoms with E-state index in [1.807, 2.05) is 31.4 Å². The summed E-state index contributed by atoms with van der Waals surface area (Å²) in [6, 6.07) is 14.5. The van der Waals surface area contributed by atoms with Gasteiger partial charge in [-0.25, -0.2) is 4.98 Å². The van der Waals surface area contributed by atoms with Crippen LogP contribution >= 0.6 is 12.4 Å². The first-order valence-electron chi connectivity index (χ1n) is 8.04. The first-order valence-corrected chi connectivity index (χ1v) is 8.04. The fourth-order valence-corrected chi connectivity index (χ4v) is 2.82. The Labute approximate surface area is 149 Å². The maximum absolute atomic E-state index is 5.70. The zero-order valence-corrected chi connectivity index (χ0v) is 14.8. The van der Waals surface area contributed by atoms with E-state index in [4.69, 9.17) is 10.5 Å². The molecule has 0 spiro atoms. The molecule has 130 valence electrons. The van der Waals surface area contributed by atoms with Gasteiger partial charge in [0, 0.05) is 45.1 Å². The van der Waals surface area contributed by atoms with Gasteiger partial charge in [-0.2, -0.15) is 0 Å². The van der Waals surface area contributed by atoms with Crippen LogP contribution in [0.1, 0.15) is 5.56 Å². The van der Waals surface area contributed by atoms with Gasteiger partial charge >= 0.3 is 0 Å². The second-order valence-electron chi connectivity index (χ2n) is 5.88. The van der Waals surface area contributed by atoms with Crippen molar-refractivity contribution in [1.29, 1.82) is 0 Å². The molecule has 1 fully saturated rings. The Morgan fingerprint density at radius 1 is 1.25 bits per heavy atom. The lowest BCUT2D eigenvalue weighted by Gasteiger charge is -2.32. The number of anilines is 2. The van der Waals surface area contributed by atoms with Gasteiger partial charge in [-0.1, -0.05) is 24.3 Å². The van der Waals surface area contributed by atoms with Crippen molar-refractivity contribution in [3.63, 3.8) is 0 Å². The van der Waals surface area contributed by atoms with E-state index in [0.717, 1.165) is 37.7 Å². The number of ether oxygens (including phenoxy) is 1. The molecule has 5 nitrogen and oxygen atoms in total. The van der Waals surface area contributed by atoms with Crippen LogP contribution in [0.3, 0.4) is 0 Å². The minimum Gasteiger partial charge on any atom is -0.374 e. The number of benzene rings is 1. The van der Waals surface area contributed by atoms with Crippen LogP contribution in [0.25, 0.3) is 0 Å². The van der Waals surface area contributed by atoms with Gasteiger partial charge in [0.05, 0.1) is 12.7 Å². The minimum absolute atomic E-state index is 0. The summed E-state index contributed by atoms with van der Waals surface area (Å²) in [6.07, 6.45) is 2.11. The summed E-state index contributed by atoms with van der Waals surface area (Å²) >= 11 is 0. The maximum Gasteiger partial charge on any atom is 0.132 e. The molecule has 3 rings (SSSR count). The molecule has 1 aromatic heterocycles. The van der Waals surface area contributed by atoms with Crippen LogP contribution < -0.4 is 10.6 Å². The summed E-state index contributed by atoms with van der Waals surface area (Å²) in [6.45, 7) is 4.06. The van der Waals surface area contributed by atoms with Gasteiger partial charge in [0.1, 0.15) is 5.82 Å². The first-order chi connectivity index (χ1) is 11.3. The van der Waals surface area contributed by atoms with Crippen molar-refractivity contribution in [2.75, 3.05) is 38.2 Å². The topological polar surface area (TPSA) is 54.6 Å². The molecule has 0 bridgehead atoms. The minimum atomic E-state index is 0. The zero-order valence-electron chi connectivity index (χ0n) is 14.0. The Hall–Kier alpha value is -1.66. The first kappa shape index (κ1) is 18.7. The van der Waals surface area contributed by atoms with Crippen molar-refractivity contribution < 1.29 is 4.74 Å². The third kappa shape index (κ3) is 4.68. The number of hydrogen-bond donors (Lipinski definition) is 1. The summed E-state index contributed by atoms with van der Waals surface area (Å²) in [4.78, 5) is 9.06. The Morgan fingerprint density at radius 2 is 2.04 bits per heavy atom. The monoisotopic (exact) mass is 348 g/mol. The van der Waals surface area contributed by atoms with Gasteiger partial charge < -0.3 is 15.4 Å². The van der Waals surface area contributed by atoms with Gasteiger partial charge in [0.2, 0.25) is 0 Å². The van der Waals surface area contributed by atoms with Gasteiger partial charge in [-0.15, -0.1) is 12.4 Å². The molecule has 6 heteroatoms. The number of nitrogens with two attached hydrogens (primary N) is 1. The predicted molar refractivity (Wildman–Crippen MR) is 100 cm³/mol. The predicted octanol–water partition coefficient (Wildman–Crippen LogP) is 2.43. The smallest absolute Gasteiger partial charge is 0.132 e. The van der Waals surface area contributed by atoms with Gasteiger partial charge in [-0.05, 0) is 23.8 Å². The van der Waals surface area contributed by atoms with E-state index >= 15 is 0 Å². The van der Waals surface area contributed by atoms with E-state index < -0.39 is 0 Å². The van der Waals surface area contributed by atoms with Crippen molar-refractivity contribution >= 4 is 23.9 Å². The lowest BCUT2D eigenvalue weighted by molar-refractivity contribution is -0.0260. The molecule has 1 unspecified atom stereocenters. The highest BCUT2D eigenvalue weighted by molar-refractivity contribution is 5.85. The lowest BCUT2D eigenvalue weighted by atomic mass is 10.2. The summed E-state index contributed by atoms with van der Waals surface area (Å²) in [5.74, 6) is 0.946. The normalized spacial score (nSPS) is 18.0. The number of morpholine rings is 1. The third-order valence-electron chi connectivity index (χ3n) is 4.19. The Balaban J connectivity index is 0.00000208. The fraction of sp³-hybridized carbons (Fsp3) is 0.389. The Kier molecular flexibility index (Phi) is 6.99. The SMILES string of the molecule is CN(c1ccccc1)c1ccc(CN2CCOC(CN)C2)cn1.Cl. The molecule has 2 N–H and O–H groups in total. The van der Waals surface area contributed by atoms with Crippen LogP contribution in [0.4, 0.5) is 11.5 Å². The highest BCUT2D eigenvalue weighted by atomic mass is 35.5. The van der Waals surface area contributed by atoms with Gasteiger partial charge in [0.25, 0.3) is 0 Å². The highest BCUT2D eigenvalue weighted by Crippen LogP contribution is 2.21. The van der Waals surface area contributed by atoms with Crippen LogP contribution in [0, 0.1) is 0 Å². The number of aromatic nitrogens is 1. The second-order valence-corrected chi connectivity index (χ2v) is 5.88. The molecular formula is C18H25ClN4O. The molecule has 0 radical (unpaired) electrons. The molecule has 0 saturated carbocycles. The van der Waals surface area contributed by atoms with E-state index in [2.05, 4.69) is 39.0 Å². The summed E-state index contributed by atoms with van der Waals surface area (Å²) < 4.78 is 5.61. The van der Waals surface area contributed by atoms with E-state index in [9.17, 15) is 0 Å². The zero-order chi connectivity index (χ0) is 16.1. The van der Waals surface area contributed by atoms with Crippen molar-refractivity contribution in [3.05, 3.63) is 54.2 Å². The van der Waals surface area contributed by atoms with E-state index in [-0.39, 0.29) is 18.5 Å². The highest BCUT2D eigenvalue weighted by Gasteiger charge is 2.19. The lowest BCUT2D eigenvalue weighted by Crippen LogP contribution is -2.45. The second kappa shape index (κ2) is 8.99. The molecular weight excluding hydrogens is 324 g/mol. The summed E-state index contributed by atoms with van der Waals surface area (Å²) in [7, 11) is 2.03. The van der Waals surface area contributed by atoms with Crippen LogP contribution in [-0.2, 0) is 11.3 Å². The van der Waals surface area contributed by atoms with E-state index in [0.29, 0.717) is 6.54 Å². The summed E-state index contributed by atoms with van der Waals surface area (Å²) in [5, 5.41) is 0. The van der Waals surface area contributed by atoms with Crippen molar-refractivity contribution in [2.45, 2.75) is 12.6 Å². The van der Waals surface area contributed by atoms with Crippen LogP contribution in [0.2, 0.25) is 0 Å². The maximum atomic E-state index is 5.70. The number of pyridine rings is 1. The fourth-order valence-electron chi connectivity index (χ4n) is 2.82. The van der Waals surface area contributed by atoms with Gasteiger partial charge in [0.15, 0.2) is 0 Å². The average Bonchev–Trinajstić information content (AvgIpc) is 2.63. The average molecular weight is 349 g/mol. The van der Waals surface area contributed by atoms with Crippen LogP contribution in [0.15, 0.2) is 48.7 Å². The van der Waals surface area contributed by atoms with Crippen LogP contribution in [0.5, 0.6) is 0 Å². The summed E-state index contributed by atoms with van der Waals surface area (Å²) in [5.41, 5.74) is 8.04. The Bertz CT molecular complexity index is 608. The van der Waals surface area contributed by atoms with Crippen molar-refractivity contribution in [2.24, 2.45) is 5.73 Å². The number of rotatable bonds is 5. The molecule has 1 aromatic carbocycles.